The topological polar surface area (TPSA) is 49.0 Å². The standard InChI is InChI=1S/C8H10BrN3O/c9-6-1-8(13)12(3-6)4-7-2-10-5-11-7/h2,5-6H,1,3-4H2,(H,10,11). The van der Waals surface area contributed by atoms with Gasteiger partial charge in [-0.15, -0.1) is 0 Å². The van der Waals surface area contributed by atoms with Crippen molar-refractivity contribution in [3.63, 3.8) is 0 Å². The molecule has 1 fully saturated rings. The van der Waals surface area contributed by atoms with Gasteiger partial charge in [-0.3, -0.25) is 4.79 Å². The Morgan fingerprint density at radius 2 is 2.62 bits per heavy atom. The Kier molecular flexibility index (Phi) is 2.35. The molecule has 5 heteroatoms. The number of aromatic amines is 1. The molecule has 70 valence electrons. The number of rotatable bonds is 2. The molecule has 0 aromatic carbocycles. The maximum absolute atomic E-state index is 11.4. The molecule has 0 spiro atoms. The highest BCUT2D eigenvalue weighted by molar-refractivity contribution is 9.09. The summed E-state index contributed by atoms with van der Waals surface area (Å²) in [6, 6.07) is 0. The summed E-state index contributed by atoms with van der Waals surface area (Å²) in [5, 5.41) is 0. The van der Waals surface area contributed by atoms with E-state index in [-0.39, 0.29) is 5.91 Å². The van der Waals surface area contributed by atoms with E-state index in [0.717, 1.165) is 12.2 Å². The molecule has 1 unspecified atom stereocenters. The fourth-order valence-electron chi connectivity index (χ4n) is 1.45. The summed E-state index contributed by atoms with van der Waals surface area (Å²) >= 11 is 3.43. The molecule has 1 aliphatic heterocycles. The molecular weight excluding hydrogens is 234 g/mol. The first-order valence-corrected chi connectivity index (χ1v) is 5.06. The van der Waals surface area contributed by atoms with Crippen molar-refractivity contribution in [3.05, 3.63) is 18.2 Å². The summed E-state index contributed by atoms with van der Waals surface area (Å²) in [5.74, 6) is 0.205. The van der Waals surface area contributed by atoms with E-state index in [1.807, 2.05) is 4.90 Å². The van der Waals surface area contributed by atoms with E-state index in [0.29, 0.717) is 17.8 Å². The molecule has 1 atom stereocenters. The lowest BCUT2D eigenvalue weighted by Crippen LogP contribution is -2.24. The number of H-pyrrole nitrogens is 1. The van der Waals surface area contributed by atoms with Gasteiger partial charge in [0.15, 0.2) is 0 Å². The average Bonchev–Trinajstić information content (AvgIpc) is 2.63. The summed E-state index contributed by atoms with van der Waals surface area (Å²) in [6.45, 7) is 1.43. The second-order valence-corrected chi connectivity index (χ2v) is 4.45. The zero-order valence-corrected chi connectivity index (χ0v) is 8.62. The van der Waals surface area contributed by atoms with Crippen LogP contribution in [0, 0.1) is 0 Å². The number of nitrogens with one attached hydrogen (secondary N) is 1. The van der Waals surface area contributed by atoms with Crippen LogP contribution in [0.3, 0.4) is 0 Å². The third-order valence-electron chi connectivity index (χ3n) is 2.08. The van der Waals surface area contributed by atoms with Crippen LogP contribution in [0.25, 0.3) is 0 Å². The highest BCUT2D eigenvalue weighted by Gasteiger charge is 2.27. The van der Waals surface area contributed by atoms with Crippen LogP contribution in [-0.4, -0.2) is 32.1 Å². The van der Waals surface area contributed by atoms with Gasteiger partial charge in [-0.1, -0.05) is 15.9 Å². The maximum atomic E-state index is 11.4. The first kappa shape index (κ1) is 8.74. The molecule has 4 nitrogen and oxygen atoms in total. The number of carbonyl (C=O) groups is 1. The second-order valence-electron chi connectivity index (χ2n) is 3.15. The molecule has 2 heterocycles. The van der Waals surface area contributed by atoms with Crippen molar-refractivity contribution < 1.29 is 4.79 Å². The number of halogens is 1. The van der Waals surface area contributed by atoms with Gasteiger partial charge in [0.25, 0.3) is 0 Å². The number of hydrogen-bond donors (Lipinski definition) is 1. The number of aromatic nitrogens is 2. The Bertz CT molecular complexity index is 298. The lowest BCUT2D eigenvalue weighted by atomic mass is 10.4. The minimum Gasteiger partial charge on any atom is -0.347 e. The quantitative estimate of drug-likeness (QED) is 0.786. The van der Waals surface area contributed by atoms with E-state index in [9.17, 15) is 4.79 Å². The number of imidazole rings is 1. The van der Waals surface area contributed by atoms with Crippen molar-refractivity contribution in [3.8, 4) is 0 Å². The van der Waals surface area contributed by atoms with E-state index >= 15 is 0 Å². The van der Waals surface area contributed by atoms with Crippen molar-refractivity contribution in [2.24, 2.45) is 0 Å². The van der Waals surface area contributed by atoms with Crippen LogP contribution < -0.4 is 0 Å². The van der Waals surface area contributed by atoms with Gasteiger partial charge in [0, 0.05) is 24.0 Å². The molecule has 13 heavy (non-hydrogen) atoms. The molecule has 1 N–H and O–H groups in total. The summed E-state index contributed by atoms with van der Waals surface area (Å²) in [7, 11) is 0. The van der Waals surface area contributed by atoms with Gasteiger partial charge >= 0.3 is 0 Å². The van der Waals surface area contributed by atoms with Gasteiger partial charge in [0.05, 0.1) is 18.6 Å². The zero-order valence-electron chi connectivity index (χ0n) is 7.03. The average molecular weight is 244 g/mol. The Morgan fingerprint density at radius 3 is 3.15 bits per heavy atom. The van der Waals surface area contributed by atoms with Gasteiger partial charge in [-0.05, 0) is 0 Å². The van der Waals surface area contributed by atoms with E-state index in [4.69, 9.17) is 0 Å². The number of amides is 1. The van der Waals surface area contributed by atoms with E-state index in [1.165, 1.54) is 0 Å². The lowest BCUT2D eigenvalue weighted by molar-refractivity contribution is -0.128. The Balaban J connectivity index is 1.99. The van der Waals surface area contributed by atoms with Crippen LogP contribution in [0.15, 0.2) is 12.5 Å². The molecule has 1 amide bonds. The van der Waals surface area contributed by atoms with Crippen molar-refractivity contribution in [1.82, 2.24) is 14.9 Å². The van der Waals surface area contributed by atoms with Gasteiger partial charge in [0.2, 0.25) is 5.91 Å². The smallest absolute Gasteiger partial charge is 0.224 e. The maximum Gasteiger partial charge on any atom is 0.224 e. The van der Waals surface area contributed by atoms with Gasteiger partial charge in [-0.2, -0.15) is 0 Å². The highest BCUT2D eigenvalue weighted by atomic mass is 79.9. The summed E-state index contributed by atoms with van der Waals surface area (Å²) in [4.78, 5) is 20.4. The fourth-order valence-corrected chi connectivity index (χ4v) is 2.08. The minimum absolute atomic E-state index is 0.205. The lowest BCUT2D eigenvalue weighted by Gasteiger charge is -2.13. The van der Waals surface area contributed by atoms with Gasteiger partial charge in [0.1, 0.15) is 0 Å². The van der Waals surface area contributed by atoms with Crippen LogP contribution in [0.4, 0.5) is 0 Å². The predicted molar refractivity (Wildman–Crippen MR) is 51.3 cm³/mol. The summed E-state index contributed by atoms with van der Waals surface area (Å²) in [6.07, 6.45) is 3.98. The molecular formula is C8H10BrN3O. The van der Waals surface area contributed by atoms with E-state index in [2.05, 4.69) is 25.9 Å². The fraction of sp³-hybridized carbons (Fsp3) is 0.500. The summed E-state index contributed by atoms with van der Waals surface area (Å²) < 4.78 is 0. The summed E-state index contributed by atoms with van der Waals surface area (Å²) in [5.41, 5.74) is 0.981. The largest absolute Gasteiger partial charge is 0.347 e. The van der Waals surface area contributed by atoms with Crippen LogP contribution in [0.5, 0.6) is 0 Å². The monoisotopic (exact) mass is 243 g/mol. The molecule has 2 rings (SSSR count). The normalized spacial score (nSPS) is 22.7. The van der Waals surface area contributed by atoms with E-state index in [1.54, 1.807) is 12.5 Å². The molecule has 1 aromatic heterocycles. The van der Waals surface area contributed by atoms with E-state index < -0.39 is 0 Å². The number of likely N-dealkylation sites (tertiary alicyclic amines) is 1. The first-order valence-electron chi connectivity index (χ1n) is 4.15. The first-order chi connectivity index (χ1) is 6.25. The Labute approximate surface area is 84.5 Å². The van der Waals surface area contributed by atoms with Crippen molar-refractivity contribution in [1.29, 1.82) is 0 Å². The second kappa shape index (κ2) is 3.49. The van der Waals surface area contributed by atoms with Gasteiger partial charge in [-0.25, -0.2) is 4.98 Å². The molecule has 1 aromatic rings. The van der Waals surface area contributed by atoms with Crippen molar-refractivity contribution >= 4 is 21.8 Å². The Hall–Kier alpha value is -0.840. The van der Waals surface area contributed by atoms with Crippen molar-refractivity contribution in [2.75, 3.05) is 6.54 Å². The minimum atomic E-state index is 0.205. The van der Waals surface area contributed by atoms with Crippen molar-refractivity contribution in [2.45, 2.75) is 17.8 Å². The highest BCUT2D eigenvalue weighted by Crippen LogP contribution is 2.19. The number of alkyl halides is 1. The van der Waals surface area contributed by atoms with Crippen LogP contribution in [0.2, 0.25) is 0 Å². The molecule has 1 saturated heterocycles. The third-order valence-corrected chi connectivity index (χ3v) is 2.70. The molecule has 0 saturated carbocycles. The number of hydrogen-bond acceptors (Lipinski definition) is 2. The van der Waals surface area contributed by atoms with Gasteiger partial charge < -0.3 is 9.88 Å². The van der Waals surface area contributed by atoms with Crippen LogP contribution in [0.1, 0.15) is 12.1 Å². The van der Waals surface area contributed by atoms with Crippen LogP contribution in [-0.2, 0) is 11.3 Å². The Morgan fingerprint density at radius 1 is 1.77 bits per heavy atom. The predicted octanol–water partition coefficient (Wildman–Crippen LogP) is 0.905. The third kappa shape index (κ3) is 1.91. The molecule has 0 bridgehead atoms. The zero-order chi connectivity index (χ0) is 9.26. The molecule has 0 aliphatic carbocycles. The molecule has 1 aliphatic rings. The number of nitrogens with zero attached hydrogens (tertiary/aromatic N) is 2. The number of carbonyl (C=O) groups excluding carboxylic acids is 1. The molecule has 0 radical (unpaired) electrons. The van der Waals surface area contributed by atoms with Crippen LogP contribution >= 0.6 is 15.9 Å². The SMILES string of the molecule is O=C1CC(Br)CN1Cc1cnc[nH]1.